The normalized spacial score (nSPS) is 24.6. The zero-order chi connectivity index (χ0) is 11.5. The van der Waals surface area contributed by atoms with Crippen LogP contribution in [0, 0.1) is 12.8 Å². The van der Waals surface area contributed by atoms with Gasteiger partial charge >= 0.3 is 5.97 Å². The van der Waals surface area contributed by atoms with Gasteiger partial charge in [-0.2, -0.15) is 0 Å². The summed E-state index contributed by atoms with van der Waals surface area (Å²) in [6.07, 6.45) is 1.21. The highest BCUT2D eigenvalue weighted by molar-refractivity contribution is 5.67. The number of hydrogen-bond acceptors (Lipinski definition) is 2. The number of rotatable bonds is 3. The first-order chi connectivity index (χ1) is 7.68. The topological polar surface area (TPSA) is 49.3 Å². The van der Waals surface area contributed by atoms with E-state index in [2.05, 4.69) is 24.4 Å². The van der Waals surface area contributed by atoms with Crippen molar-refractivity contribution >= 4 is 5.97 Å². The van der Waals surface area contributed by atoms with Gasteiger partial charge in [0.25, 0.3) is 0 Å². The Morgan fingerprint density at radius 2 is 2.25 bits per heavy atom. The fourth-order valence-corrected chi connectivity index (χ4v) is 2.50. The maximum absolute atomic E-state index is 10.8. The van der Waals surface area contributed by atoms with E-state index in [0.29, 0.717) is 0 Å². The zero-order valence-electron chi connectivity index (χ0n) is 9.44. The van der Waals surface area contributed by atoms with Crippen molar-refractivity contribution in [2.24, 2.45) is 5.92 Å². The first-order valence-electron chi connectivity index (χ1n) is 5.69. The fraction of sp³-hybridized carbons (Fsp3) is 0.462. The second-order valence-electron chi connectivity index (χ2n) is 4.44. The van der Waals surface area contributed by atoms with E-state index in [1.807, 2.05) is 12.1 Å². The van der Waals surface area contributed by atoms with E-state index in [4.69, 9.17) is 5.11 Å². The summed E-state index contributed by atoms with van der Waals surface area (Å²) in [5.41, 5.74) is 2.48. The van der Waals surface area contributed by atoms with Crippen LogP contribution in [0.3, 0.4) is 0 Å². The maximum atomic E-state index is 10.8. The van der Waals surface area contributed by atoms with Crippen LogP contribution in [0.25, 0.3) is 0 Å². The molecule has 1 aromatic carbocycles. The Bertz CT molecular complexity index is 389. The van der Waals surface area contributed by atoms with Crippen LogP contribution in [-0.4, -0.2) is 17.6 Å². The van der Waals surface area contributed by atoms with E-state index in [1.54, 1.807) is 0 Å². The Morgan fingerprint density at radius 1 is 1.50 bits per heavy atom. The zero-order valence-corrected chi connectivity index (χ0v) is 9.44. The molecule has 0 radical (unpaired) electrons. The monoisotopic (exact) mass is 219 g/mol. The lowest BCUT2D eigenvalue weighted by atomic mass is 9.89. The number of aryl methyl sites for hydroxylation is 1. The molecular formula is C13H17NO2. The third kappa shape index (κ3) is 2.25. The molecule has 0 aromatic heterocycles. The van der Waals surface area contributed by atoms with Gasteiger partial charge in [-0.15, -0.1) is 0 Å². The van der Waals surface area contributed by atoms with Gasteiger partial charge in [0.15, 0.2) is 0 Å². The van der Waals surface area contributed by atoms with E-state index in [1.165, 1.54) is 11.1 Å². The predicted octanol–water partition coefficient (Wildman–Crippen LogP) is 2.12. The van der Waals surface area contributed by atoms with Gasteiger partial charge in [0, 0.05) is 6.04 Å². The van der Waals surface area contributed by atoms with Gasteiger partial charge in [0.2, 0.25) is 0 Å². The van der Waals surface area contributed by atoms with E-state index in [9.17, 15) is 4.79 Å². The summed E-state index contributed by atoms with van der Waals surface area (Å²) >= 11 is 0. The third-order valence-electron chi connectivity index (χ3n) is 3.31. The maximum Gasteiger partial charge on any atom is 0.303 e. The fourth-order valence-electron chi connectivity index (χ4n) is 2.50. The molecule has 0 unspecified atom stereocenters. The second-order valence-corrected chi connectivity index (χ2v) is 4.44. The predicted molar refractivity (Wildman–Crippen MR) is 62.3 cm³/mol. The van der Waals surface area contributed by atoms with E-state index in [0.717, 1.165) is 13.0 Å². The van der Waals surface area contributed by atoms with E-state index < -0.39 is 5.97 Å². The summed E-state index contributed by atoms with van der Waals surface area (Å²) < 4.78 is 0. The molecule has 0 spiro atoms. The molecule has 1 aliphatic rings. The van der Waals surface area contributed by atoms with Crippen LogP contribution in [0.4, 0.5) is 0 Å². The van der Waals surface area contributed by atoms with Gasteiger partial charge in [-0.05, 0) is 36.9 Å². The Morgan fingerprint density at radius 3 is 2.94 bits per heavy atom. The average Bonchev–Trinajstić information content (AvgIpc) is 2.66. The molecule has 86 valence electrons. The Kier molecular flexibility index (Phi) is 3.25. The summed E-state index contributed by atoms with van der Waals surface area (Å²) in [5.74, 6) is -0.481. The lowest BCUT2D eigenvalue weighted by molar-refractivity contribution is -0.138. The standard InChI is InChI=1S/C13H17NO2/c1-9-4-2-3-5-11(9)13-10(6-7-14-13)8-12(15)16/h2-5,10,13-14H,6-8H2,1H3,(H,15,16)/t10-,13+/m0/s1. The lowest BCUT2D eigenvalue weighted by Crippen LogP contribution is -2.20. The number of carboxylic acids is 1. The van der Waals surface area contributed by atoms with Crippen LogP contribution in [0.2, 0.25) is 0 Å². The molecule has 0 amide bonds. The van der Waals surface area contributed by atoms with Gasteiger partial charge < -0.3 is 10.4 Å². The number of aliphatic carboxylic acids is 1. The minimum atomic E-state index is -0.702. The Labute approximate surface area is 95.5 Å². The smallest absolute Gasteiger partial charge is 0.303 e. The summed E-state index contributed by atoms with van der Waals surface area (Å²) in [6.45, 7) is 2.99. The molecule has 0 aliphatic carbocycles. The highest BCUT2D eigenvalue weighted by atomic mass is 16.4. The molecule has 2 N–H and O–H groups in total. The van der Waals surface area contributed by atoms with Gasteiger partial charge in [0.05, 0.1) is 6.42 Å². The lowest BCUT2D eigenvalue weighted by Gasteiger charge is -2.20. The molecule has 1 aromatic rings. The summed E-state index contributed by atoms with van der Waals surface area (Å²) in [6, 6.07) is 8.40. The Hall–Kier alpha value is -1.35. The van der Waals surface area contributed by atoms with Crippen molar-refractivity contribution in [2.45, 2.75) is 25.8 Å². The van der Waals surface area contributed by atoms with Crippen molar-refractivity contribution < 1.29 is 9.90 Å². The molecule has 1 fully saturated rings. The third-order valence-corrected chi connectivity index (χ3v) is 3.31. The average molecular weight is 219 g/mol. The van der Waals surface area contributed by atoms with Gasteiger partial charge in [0.1, 0.15) is 0 Å². The summed E-state index contributed by atoms with van der Waals surface area (Å²) in [7, 11) is 0. The number of carbonyl (C=O) groups is 1. The molecule has 2 atom stereocenters. The van der Waals surface area contributed by atoms with Crippen molar-refractivity contribution in [3.8, 4) is 0 Å². The minimum Gasteiger partial charge on any atom is -0.481 e. The van der Waals surface area contributed by atoms with E-state index in [-0.39, 0.29) is 18.4 Å². The molecular weight excluding hydrogens is 202 g/mol. The van der Waals surface area contributed by atoms with Crippen LogP contribution in [0.15, 0.2) is 24.3 Å². The van der Waals surface area contributed by atoms with Gasteiger partial charge in [-0.3, -0.25) is 4.79 Å². The molecule has 0 bridgehead atoms. The highest BCUT2D eigenvalue weighted by Gasteiger charge is 2.30. The first-order valence-corrected chi connectivity index (χ1v) is 5.69. The first kappa shape index (κ1) is 11.1. The Balaban J connectivity index is 2.20. The number of hydrogen-bond donors (Lipinski definition) is 2. The van der Waals surface area contributed by atoms with Crippen LogP contribution in [0.1, 0.15) is 30.0 Å². The molecule has 16 heavy (non-hydrogen) atoms. The number of nitrogens with one attached hydrogen (secondary N) is 1. The van der Waals surface area contributed by atoms with Crippen molar-refractivity contribution in [1.29, 1.82) is 0 Å². The SMILES string of the molecule is Cc1ccccc1[C@@H]1NCC[C@H]1CC(=O)O. The van der Waals surface area contributed by atoms with Crippen LogP contribution >= 0.6 is 0 Å². The summed E-state index contributed by atoms with van der Waals surface area (Å²) in [4.78, 5) is 10.8. The molecule has 2 rings (SSSR count). The van der Waals surface area contributed by atoms with Crippen LogP contribution in [-0.2, 0) is 4.79 Å². The molecule has 1 aliphatic heterocycles. The molecule has 1 heterocycles. The number of benzene rings is 1. The van der Waals surface area contributed by atoms with E-state index >= 15 is 0 Å². The quantitative estimate of drug-likeness (QED) is 0.818. The van der Waals surface area contributed by atoms with Crippen LogP contribution < -0.4 is 5.32 Å². The van der Waals surface area contributed by atoms with Gasteiger partial charge in [-0.25, -0.2) is 0 Å². The molecule has 3 nitrogen and oxygen atoms in total. The second kappa shape index (κ2) is 4.66. The van der Waals surface area contributed by atoms with Crippen molar-refractivity contribution in [2.75, 3.05) is 6.54 Å². The minimum absolute atomic E-state index is 0.206. The van der Waals surface area contributed by atoms with Crippen LogP contribution in [0.5, 0.6) is 0 Å². The molecule has 3 heteroatoms. The van der Waals surface area contributed by atoms with Gasteiger partial charge in [-0.1, -0.05) is 24.3 Å². The largest absolute Gasteiger partial charge is 0.481 e. The molecule has 1 saturated heterocycles. The van der Waals surface area contributed by atoms with Crippen molar-refractivity contribution in [3.63, 3.8) is 0 Å². The summed E-state index contributed by atoms with van der Waals surface area (Å²) in [5, 5.41) is 12.3. The van der Waals surface area contributed by atoms with Crippen molar-refractivity contribution in [3.05, 3.63) is 35.4 Å². The highest BCUT2D eigenvalue weighted by Crippen LogP contribution is 2.33. The number of carboxylic acid groups (broad SMARTS) is 1. The molecule has 0 saturated carbocycles. The van der Waals surface area contributed by atoms with Crippen molar-refractivity contribution in [1.82, 2.24) is 5.32 Å².